The summed E-state index contributed by atoms with van der Waals surface area (Å²) in [5.74, 6) is 2.51. The van der Waals surface area contributed by atoms with Crippen LogP contribution in [0.3, 0.4) is 0 Å². The monoisotopic (exact) mass is 724 g/mol. The first-order valence-corrected chi connectivity index (χ1v) is 18.8. The van der Waals surface area contributed by atoms with Crippen LogP contribution in [0.4, 0.5) is 0 Å². The van der Waals surface area contributed by atoms with E-state index in [9.17, 15) is 10.4 Å². The van der Waals surface area contributed by atoms with Gasteiger partial charge in [-0.05, 0) is 118 Å². The Morgan fingerprint density at radius 1 is 0.769 bits per heavy atom. The lowest BCUT2D eigenvalue weighted by molar-refractivity contribution is 0.255. The van der Waals surface area contributed by atoms with E-state index in [1.54, 1.807) is 24.4 Å². The summed E-state index contributed by atoms with van der Waals surface area (Å²) in [4.78, 5) is 9.13. The molecule has 3 aromatic carbocycles. The van der Waals surface area contributed by atoms with Gasteiger partial charge in [-0.1, -0.05) is 29.8 Å². The highest BCUT2D eigenvalue weighted by molar-refractivity contribution is 6.32. The first-order chi connectivity index (χ1) is 25.5. The predicted octanol–water partition coefficient (Wildman–Crippen LogP) is 7.96. The summed E-state index contributed by atoms with van der Waals surface area (Å²) < 4.78 is 25.0. The smallest absolute Gasteiger partial charge is 0.142 e. The number of rotatable bonds is 18. The summed E-state index contributed by atoms with van der Waals surface area (Å²) in [7, 11) is 0. The van der Waals surface area contributed by atoms with Gasteiger partial charge in [0.05, 0.1) is 30.4 Å². The van der Waals surface area contributed by atoms with Crippen molar-refractivity contribution in [1.29, 1.82) is 5.26 Å². The average Bonchev–Trinajstić information content (AvgIpc) is 3.90. The van der Waals surface area contributed by atoms with Crippen LogP contribution in [0.1, 0.15) is 66.3 Å². The van der Waals surface area contributed by atoms with Crippen LogP contribution in [0, 0.1) is 18.3 Å². The lowest BCUT2D eigenvalue weighted by Gasteiger charge is -2.18. The zero-order chi connectivity index (χ0) is 36.1. The van der Waals surface area contributed by atoms with Crippen molar-refractivity contribution < 1.29 is 24.1 Å². The summed E-state index contributed by atoms with van der Waals surface area (Å²) in [6.07, 6.45) is 10.3. The third kappa shape index (κ3) is 10.4. The molecule has 0 saturated carbocycles. The second kappa shape index (κ2) is 19.0. The number of aliphatic hydroxyl groups is 1. The van der Waals surface area contributed by atoms with Crippen molar-refractivity contribution in [3.63, 3.8) is 0 Å². The molecule has 4 aromatic rings. The van der Waals surface area contributed by atoms with E-state index in [-0.39, 0.29) is 19.8 Å². The molecule has 3 heterocycles. The second-order valence-corrected chi connectivity index (χ2v) is 14.0. The Morgan fingerprint density at radius 2 is 1.42 bits per heavy atom. The van der Waals surface area contributed by atoms with E-state index in [1.807, 2.05) is 12.1 Å². The van der Waals surface area contributed by atoms with Gasteiger partial charge in [0.15, 0.2) is 0 Å². The number of hydrogen-bond acceptors (Lipinski definition) is 9. The molecule has 0 unspecified atom stereocenters. The number of aliphatic hydroxyl groups excluding tert-OH is 1. The molecule has 0 bridgehead atoms. The van der Waals surface area contributed by atoms with Crippen LogP contribution in [0.15, 0.2) is 67.0 Å². The second-order valence-electron chi connectivity index (χ2n) is 13.6. The molecule has 0 spiro atoms. The molecule has 2 aliphatic rings. The number of nitriles is 1. The zero-order valence-electron chi connectivity index (χ0n) is 30.1. The quantitative estimate of drug-likeness (QED) is 0.103. The molecule has 10 heteroatoms. The summed E-state index contributed by atoms with van der Waals surface area (Å²) in [5, 5.41) is 19.6. The summed E-state index contributed by atoms with van der Waals surface area (Å²) in [5.41, 5.74) is 5.91. The largest absolute Gasteiger partial charge is 0.493 e. The minimum atomic E-state index is -0.252. The normalized spacial score (nSPS) is 14.7. The van der Waals surface area contributed by atoms with Crippen molar-refractivity contribution in [3.8, 4) is 40.2 Å². The standard InChI is InChI=1S/C42H49ClN4O5/c1-31-34(30-52-42-24-41(36(28-48)22-40(42)43)51-29-33-19-32(25-44)26-45-27-33)9-6-10-39(31)35-20-37(49-17-7-15-46-11-2-3-12-46)23-38(21-35)50-18-8-16-47-13-4-5-14-47/h6,9-10,19-24,26-27,48H,2-5,7-8,11-18,28-30H2,1H3. The molecule has 1 aromatic heterocycles. The summed E-state index contributed by atoms with van der Waals surface area (Å²) >= 11 is 6.61. The minimum Gasteiger partial charge on any atom is -0.493 e. The van der Waals surface area contributed by atoms with Crippen LogP contribution in [-0.4, -0.2) is 72.4 Å². The Bertz CT molecular complexity index is 1770. The van der Waals surface area contributed by atoms with Crippen molar-refractivity contribution in [2.45, 2.75) is 65.3 Å². The fraction of sp³-hybridized carbons (Fsp3) is 0.429. The van der Waals surface area contributed by atoms with E-state index >= 15 is 0 Å². The molecular formula is C42H49ClN4O5. The van der Waals surface area contributed by atoms with Crippen LogP contribution in [0.25, 0.3) is 11.1 Å². The van der Waals surface area contributed by atoms with Crippen molar-refractivity contribution in [3.05, 3.63) is 99.8 Å². The molecule has 0 atom stereocenters. The lowest BCUT2D eigenvalue weighted by atomic mass is 9.96. The van der Waals surface area contributed by atoms with Gasteiger partial charge >= 0.3 is 0 Å². The number of ether oxygens (including phenoxy) is 4. The van der Waals surface area contributed by atoms with Gasteiger partial charge in [-0.25, -0.2) is 0 Å². The molecular weight excluding hydrogens is 676 g/mol. The van der Waals surface area contributed by atoms with Gasteiger partial charge in [-0.2, -0.15) is 5.26 Å². The van der Waals surface area contributed by atoms with Crippen LogP contribution >= 0.6 is 11.6 Å². The van der Waals surface area contributed by atoms with E-state index in [2.05, 4.69) is 52.0 Å². The SMILES string of the molecule is Cc1c(COc2cc(OCc3cncc(C#N)c3)c(CO)cc2Cl)cccc1-c1cc(OCCCN2CCCC2)cc(OCCCN2CCCC2)c1. The molecule has 2 fully saturated rings. The molecule has 274 valence electrons. The molecule has 2 aliphatic heterocycles. The van der Waals surface area contributed by atoms with Crippen LogP contribution < -0.4 is 18.9 Å². The van der Waals surface area contributed by atoms with Crippen molar-refractivity contribution in [2.24, 2.45) is 0 Å². The van der Waals surface area contributed by atoms with E-state index in [0.29, 0.717) is 40.9 Å². The van der Waals surface area contributed by atoms with Gasteiger partial charge in [0, 0.05) is 48.7 Å². The van der Waals surface area contributed by atoms with Crippen LogP contribution in [0.2, 0.25) is 5.02 Å². The maximum atomic E-state index is 9.99. The molecule has 1 N–H and O–H groups in total. The Balaban J connectivity index is 1.15. The van der Waals surface area contributed by atoms with Crippen molar-refractivity contribution in [1.82, 2.24) is 14.8 Å². The van der Waals surface area contributed by atoms with Gasteiger partial charge in [0.1, 0.15) is 42.3 Å². The van der Waals surface area contributed by atoms with Crippen LogP contribution in [0.5, 0.6) is 23.0 Å². The fourth-order valence-electron chi connectivity index (χ4n) is 6.90. The zero-order valence-corrected chi connectivity index (χ0v) is 30.9. The highest BCUT2D eigenvalue weighted by Gasteiger charge is 2.16. The van der Waals surface area contributed by atoms with E-state index in [0.717, 1.165) is 65.2 Å². The predicted molar refractivity (Wildman–Crippen MR) is 203 cm³/mol. The number of likely N-dealkylation sites (tertiary alicyclic amines) is 2. The van der Waals surface area contributed by atoms with Crippen molar-refractivity contribution in [2.75, 3.05) is 52.5 Å². The van der Waals surface area contributed by atoms with E-state index < -0.39 is 0 Å². The first-order valence-electron chi connectivity index (χ1n) is 18.5. The maximum Gasteiger partial charge on any atom is 0.142 e. The third-order valence-corrected chi connectivity index (χ3v) is 10.1. The number of hydrogen-bond donors (Lipinski definition) is 1. The van der Waals surface area contributed by atoms with Crippen LogP contribution in [-0.2, 0) is 19.8 Å². The Kier molecular flexibility index (Phi) is 13.6. The van der Waals surface area contributed by atoms with Gasteiger partial charge in [0.25, 0.3) is 0 Å². The molecule has 2 saturated heterocycles. The number of benzene rings is 3. The maximum absolute atomic E-state index is 9.99. The summed E-state index contributed by atoms with van der Waals surface area (Å²) in [6, 6.07) is 19.6. The van der Waals surface area contributed by atoms with Gasteiger partial charge < -0.3 is 33.9 Å². The Hall–Kier alpha value is -4.33. The molecule has 6 rings (SSSR count). The number of aromatic nitrogens is 1. The van der Waals surface area contributed by atoms with E-state index in [4.69, 9.17) is 30.5 Å². The fourth-order valence-corrected chi connectivity index (χ4v) is 7.14. The molecule has 0 aliphatic carbocycles. The average molecular weight is 725 g/mol. The first kappa shape index (κ1) is 37.4. The Labute approximate surface area is 312 Å². The lowest BCUT2D eigenvalue weighted by Crippen LogP contribution is -2.22. The highest BCUT2D eigenvalue weighted by atomic mass is 35.5. The third-order valence-electron chi connectivity index (χ3n) is 9.80. The Morgan fingerprint density at radius 3 is 2.06 bits per heavy atom. The van der Waals surface area contributed by atoms with Gasteiger partial charge in [-0.3, -0.25) is 4.98 Å². The van der Waals surface area contributed by atoms with E-state index in [1.165, 1.54) is 58.1 Å². The number of halogens is 1. The van der Waals surface area contributed by atoms with Gasteiger partial charge in [0.2, 0.25) is 0 Å². The minimum absolute atomic E-state index is 0.170. The molecule has 9 nitrogen and oxygen atoms in total. The summed E-state index contributed by atoms with van der Waals surface area (Å²) in [6.45, 7) is 10.5. The number of nitrogens with zero attached hydrogens (tertiary/aromatic N) is 4. The highest BCUT2D eigenvalue weighted by Crippen LogP contribution is 2.36. The molecule has 0 radical (unpaired) electrons. The molecule has 52 heavy (non-hydrogen) atoms. The van der Waals surface area contributed by atoms with Crippen molar-refractivity contribution >= 4 is 11.6 Å². The molecule has 0 amide bonds. The number of pyridine rings is 1. The van der Waals surface area contributed by atoms with Gasteiger partial charge in [-0.15, -0.1) is 0 Å². The topological polar surface area (TPSA) is 100 Å².